The van der Waals surface area contributed by atoms with E-state index in [0.717, 1.165) is 25.6 Å². The molecule has 6 nitrogen and oxygen atoms in total. The lowest BCUT2D eigenvalue weighted by Gasteiger charge is -2.09. The fourth-order valence-electron chi connectivity index (χ4n) is 1.67. The number of aromatic nitrogens is 2. The third kappa shape index (κ3) is 4.48. The zero-order valence-corrected chi connectivity index (χ0v) is 11.5. The highest BCUT2D eigenvalue weighted by atomic mass is 16.2. The first kappa shape index (κ1) is 13.7. The van der Waals surface area contributed by atoms with E-state index in [2.05, 4.69) is 20.8 Å². The molecule has 1 heterocycles. The SMILES string of the molecule is CN(C)C(=O)c1ccc(NCCCNC2CC2)nn1. The number of carbonyl (C=O) groups is 1. The van der Waals surface area contributed by atoms with Crippen molar-refractivity contribution in [1.29, 1.82) is 0 Å². The minimum absolute atomic E-state index is 0.132. The Kier molecular flexibility index (Phi) is 4.68. The minimum atomic E-state index is -0.132. The van der Waals surface area contributed by atoms with Crippen LogP contribution in [0.5, 0.6) is 0 Å². The summed E-state index contributed by atoms with van der Waals surface area (Å²) in [4.78, 5) is 13.1. The molecule has 0 aromatic carbocycles. The molecule has 0 radical (unpaired) electrons. The van der Waals surface area contributed by atoms with Crippen LogP contribution in [0, 0.1) is 0 Å². The maximum Gasteiger partial charge on any atom is 0.273 e. The van der Waals surface area contributed by atoms with Crippen molar-refractivity contribution in [2.45, 2.75) is 25.3 Å². The summed E-state index contributed by atoms with van der Waals surface area (Å²) in [5, 5.41) is 14.6. The molecule has 0 bridgehead atoms. The van der Waals surface area contributed by atoms with Crippen LogP contribution in [0.3, 0.4) is 0 Å². The van der Waals surface area contributed by atoms with Gasteiger partial charge >= 0.3 is 0 Å². The Morgan fingerprint density at radius 3 is 2.68 bits per heavy atom. The van der Waals surface area contributed by atoms with Gasteiger partial charge in [-0.15, -0.1) is 10.2 Å². The summed E-state index contributed by atoms with van der Waals surface area (Å²) in [7, 11) is 3.39. The first-order valence-corrected chi connectivity index (χ1v) is 6.69. The molecule has 2 N–H and O–H groups in total. The third-order valence-electron chi connectivity index (χ3n) is 2.96. The summed E-state index contributed by atoms with van der Waals surface area (Å²) >= 11 is 0. The van der Waals surface area contributed by atoms with E-state index in [0.29, 0.717) is 11.5 Å². The molecular formula is C13H21N5O. The molecule has 0 aliphatic heterocycles. The normalized spacial score (nSPS) is 14.2. The quantitative estimate of drug-likeness (QED) is 0.710. The first-order valence-electron chi connectivity index (χ1n) is 6.69. The lowest BCUT2D eigenvalue weighted by Crippen LogP contribution is -2.23. The number of hydrogen-bond donors (Lipinski definition) is 2. The van der Waals surface area contributed by atoms with E-state index >= 15 is 0 Å². The largest absolute Gasteiger partial charge is 0.369 e. The second-order valence-electron chi connectivity index (χ2n) is 5.01. The molecule has 104 valence electrons. The van der Waals surface area contributed by atoms with Crippen molar-refractivity contribution in [1.82, 2.24) is 20.4 Å². The van der Waals surface area contributed by atoms with Crippen molar-refractivity contribution in [2.24, 2.45) is 0 Å². The van der Waals surface area contributed by atoms with Crippen molar-refractivity contribution in [2.75, 3.05) is 32.5 Å². The fraction of sp³-hybridized carbons (Fsp3) is 0.615. The van der Waals surface area contributed by atoms with E-state index in [9.17, 15) is 4.79 Å². The molecule has 0 unspecified atom stereocenters. The zero-order valence-electron chi connectivity index (χ0n) is 11.5. The third-order valence-corrected chi connectivity index (χ3v) is 2.96. The number of carbonyl (C=O) groups excluding carboxylic acids is 1. The monoisotopic (exact) mass is 263 g/mol. The predicted molar refractivity (Wildman–Crippen MR) is 74.2 cm³/mol. The molecule has 1 aliphatic carbocycles. The summed E-state index contributed by atoms with van der Waals surface area (Å²) < 4.78 is 0. The van der Waals surface area contributed by atoms with Crippen LogP contribution in [0.2, 0.25) is 0 Å². The van der Waals surface area contributed by atoms with Crippen molar-refractivity contribution in [3.05, 3.63) is 17.8 Å². The van der Waals surface area contributed by atoms with Crippen LogP contribution in [0.25, 0.3) is 0 Å². The highest BCUT2D eigenvalue weighted by Gasteiger charge is 2.19. The van der Waals surface area contributed by atoms with Crippen molar-refractivity contribution < 1.29 is 4.79 Å². The van der Waals surface area contributed by atoms with Gasteiger partial charge in [0.1, 0.15) is 5.82 Å². The number of rotatable bonds is 7. The van der Waals surface area contributed by atoms with Gasteiger partial charge in [0.2, 0.25) is 0 Å². The number of nitrogens with one attached hydrogen (secondary N) is 2. The van der Waals surface area contributed by atoms with Crippen LogP contribution in [0.15, 0.2) is 12.1 Å². The second-order valence-corrected chi connectivity index (χ2v) is 5.01. The van der Waals surface area contributed by atoms with Gasteiger partial charge in [-0.3, -0.25) is 4.79 Å². The minimum Gasteiger partial charge on any atom is -0.369 e. The van der Waals surface area contributed by atoms with Crippen LogP contribution < -0.4 is 10.6 Å². The van der Waals surface area contributed by atoms with Crippen LogP contribution >= 0.6 is 0 Å². The molecule has 1 fully saturated rings. The van der Waals surface area contributed by atoms with Crippen molar-refractivity contribution in [3.63, 3.8) is 0 Å². The Labute approximate surface area is 113 Å². The van der Waals surface area contributed by atoms with E-state index in [4.69, 9.17) is 0 Å². The highest BCUT2D eigenvalue weighted by Crippen LogP contribution is 2.18. The number of anilines is 1. The van der Waals surface area contributed by atoms with E-state index in [1.54, 1.807) is 26.2 Å². The maximum atomic E-state index is 11.6. The van der Waals surface area contributed by atoms with E-state index in [1.807, 2.05) is 0 Å². The van der Waals surface area contributed by atoms with Gasteiger partial charge in [-0.05, 0) is 37.9 Å². The van der Waals surface area contributed by atoms with Gasteiger partial charge in [-0.2, -0.15) is 0 Å². The lowest BCUT2D eigenvalue weighted by molar-refractivity contribution is 0.0821. The average Bonchev–Trinajstić information content (AvgIpc) is 3.22. The number of hydrogen-bond acceptors (Lipinski definition) is 5. The molecule has 0 saturated heterocycles. The summed E-state index contributed by atoms with van der Waals surface area (Å²) in [6.07, 6.45) is 3.69. The summed E-state index contributed by atoms with van der Waals surface area (Å²) in [6, 6.07) is 4.24. The van der Waals surface area contributed by atoms with Gasteiger partial charge in [0.05, 0.1) is 0 Å². The van der Waals surface area contributed by atoms with Gasteiger partial charge < -0.3 is 15.5 Å². The molecule has 0 spiro atoms. The van der Waals surface area contributed by atoms with Crippen LogP contribution in [0.1, 0.15) is 29.8 Å². The second kappa shape index (κ2) is 6.47. The van der Waals surface area contributed by atoms with Gasteiger partial charge in [-0.1, -0.05) is 0 Å². The fourth-order valence-corrected chi connectivity index (χ4v) is 1.67. The summed E-state index contributed by atoms with van der Waals surface area (Å²) in [5.41, 5.74) is 0.367. The van der Waals surface area contributed by atoms with Gasteiger partial charge in [0.25, 0.3) is 5.91 Å². The molecule has 1 aromatic heterocycles. The Bertz CT molecular complexity index is 414. The topological polar surface area (TPSA) is 70.2 Å². The van der Waals surface area contributed by atoms with Crippen LogP contribution in [-0.2, 0) is 0 Å². The summed E-state index contributed by atoms with van der Waals surface area (Å²) in [5.74, 6) is 0.578. The average molecular weight is 263 g/mol. The molecule has 0 atom stereocenters. The van der Waals surface area contributed by atoms with Gasteiger partial charge in [0, 0.05) is 26.7 Å². The molecule has 6 heteroatoms. The molecule has 19 heavy (non-hydrogen) atoms. The molecule has 2 rings (SSSR count). The van der Waals surface area contributed by atoms with Crippen LogP contribution in [-0.4, -0.2) is 54.2 Å². The Morgan fingerprint density at radius 1 is 1.32 bits per heavy atom. The molecule has 1 amide bonds. The zero-order chi connectivity index (χ0) is 13.7. The lowest BCUT2D eigenvalue weighted by atomic mass is 10.3. The first-order chi connectivity index (χ1) is 9.16. The van der Waals surface area contributed by atoms with Crippen LogP contribution in [0.4, 0.5) is 5.82 Å². The molecule has 1 saturated carbocycles. The van der Waals surface area contributed by atoms with Gasteiger partial charge in [0.15, 0.2) is 5.69 Å². The van der Waals surface area contributed by atoms with Crippen molar-refractivity contribution >= 4 is 11.7 Å². The number of amides is 1. The van der Waals surface area contributed by atoms with Gasteiger partial charge in [-0.25, -0.2) is 0 Å². The molecule has 1 aliphatic rings. The predicted octanol–water partition coefficient (Wildman–Crippen LogP) is 0.732. The smallest absolute Gasteiger partial charge is 0.273 e. The van der Waals surface area contributed by atoms with E-state index < -0.39 is 0 Å². The molecular weight excluding hydrogens is 242 g/mol. The van der Waals surface area contributed by atoms with E-state index in [1.165, 1.54) is 17.7 Å². The Balaban J connectivity index is 1.70. The van der Waals surface area contributed by atoms with Crippen molar-refractivity contribution in [3.8, 4) is 0 Å². The highest BCUT2D eigenvalue weighted by molar-refractivity contribution is 5.91. The summed E-state index contributed by atoms with van der Waals surface area (Å²) in [6.45, 7) is 1.89. The Hall–Kier alpha value is -1.69. The van der Waals surface area contributed by atoms with E-state index in [-0.39, 0.29) is 5.91 Å². The number of nitrogens with zero attached hydrogens (tertiary/aromatic N) is 3. The standard InChI is InChI=1S/C13H21N5O/c1-18(2)13(19)11-6-7-12(17-16-11)15-9-3-8-14-10-4-5-10/h6-7,10,14H,3-5,8-9H2,1-2H3,(H,15,17). The molecule has 1 aromatic rings. The Morgan fingerprint density at radius 2 is 2.11 bits per heavy atom. The maximum absolute atomic E-state index is 11.6.